The zero-order valence-corrected chi connectivity index (χ0v) is 20.0. The molecule has 1 aromatic carbocycles. The van der Waals surface area contributed by atoms with Gasteiger partial charge < -0.3 is 0 Å². The number of pyridine rings is 2. The summed E-state index contributed by atoms with van der Waals surface area (Å²) >= 11 is 0. The number of rotatable bonds is 7. The summed E-state index contributed by atoms with van der Waals surface area (Å²) in [5.74, 6) is 0.127. The fourth-order valence-electron chi connectivity index (χ4n) is 4.70. The Morgan fingerprint density at radius 2 is 1.81 bits per heavy atom. The first kappa shape index (κ1) is 22.5. The molecule has 1 saturated heterocycles. The predicted octanol–water partition coefficient (Wildman–Crippen LogP) is 4.12. The van der Waals surface area contributed by atoms with E-state index in [4.69, 9.17) is 7.49 Å². The molecule has 8 nitrogen and oxygen atoms in total. The summed E-state index contributed by atoms with van der Waals surface area (Å²) in [6.45, 7) is 2.15. The van der Waals surface area contributed by atoms with Crippen LogP contribution in [0.3, 0.4) is 0 Å². The first-order valence-electron chi connectivity index (χ1n) is 12.5. The minimum absolute atomic E-state index is 0.0260. The second-order valence-electron chi connectivity index (χ2n) is 9.54. The van der Waals surface area contributed by atoms with Gasteiger partial charge >= 0.3 is 210 Å². The van der Waals surface area contributed by atoms with Crippen molar-refractivity contribution in [2.24, 2.45) is 5.92 Å². The molecule has 0 spiro atoms. The van der Waals surface area contributed by atoms with Crippen LogP contribution in [0.5, 0.6) is 0 Å². The molecule has 1 saturated carbocycles. The standard InChI is InChI=1S/C27H27BN7O/c28-26(31-24-16-29-9-8-23(24)32-27(36)17-4-5-17)25-21-13-18(6-7-22(21)33-34-25)19-12-20(15-30-14-19)35-10-2-1-3-11-35/h6-9,12-17,31H,1-5,10-11H2,(H,33,34)(H,29,32,36). The zero-order valence-electron chi connectivity index (χ0n) is 20.0. The summed E-state index contributed by atoms with van der Waals surface area (Å²) in [7, 11) is 6.48. The number of hydrogen-bond donors (Lipinski definition) is 3. The quantitative estimate of drug-likeness (QED) is 0.347. The number of carbonyl (C=O) groups excluding carboxylic acids is 1. The molecular formula is C27H27BN7O. The van der Waals surface area contributed by atoms with Crippen LogP contribution in [0.15, 0.2) is 55.1 Å². The van der Waals surface area contributed by atoms with Gasteiger partial charge in [-0.15, -0.1) is 0 Å². The number of amides is 1. The van der Waals surface area contributed by atoms with E-state index < -0.39 is 0 Å². The van der Waals surface area contributed by atoms with Gasteiger partial charge in [0.15, 0.2) is 0 Å². The molecular weight excluding hydrogens is 449 g/mol. The summed E-state index contributed by atoms with van der Waals surface area (Å²) in [6.07, 6.45) is 12.7. The summed E-state index contributed by atoms with van der Waals surface area (Å²) in [5.41, 5.74) is 6.38. The number of anilines is 3. The van der Waals surface area contributed by atoms with Crippen molar-refractivity contribution in [3.63, 3.8) is 0 Å². The van der Waals surface area contributed by atoms with E-state index in [9.17, 15) is 4.79 Å². The fraction of sp³-hybridized carbons (Fsp3) is 0.296. The zero-order chi connectivity index (χ0) is 24.5. The molecule has 1 aliphatic heterocycles. The Morgan fingerprint density at radius 1 is 0.944 bits per heavy atom. The van der Waals surface area contributed by atoms with Crippen molar-refractivity contribution in [3.05, 3.63) is 60.8 Å². The van der Waals surface area contributed by atoms with Crippen LogP contribution in [0, 0.1) is 5.92 Å². The molecule has 1 aliphatic carbocycles. The summed E-state index contributed by atoms with van der Waals surface area (Å²) in [6, 6.07) is 10.1. The minimum atomic E-state index is 0.0260. The average Bonchev–Trinajstić information content (AvgIpc) is 3.69. The number of piperidine rings is 1. The molecule has 6 rings (SSSR count). The Kier molecular flexibility index (Phi) is 5.97. The molecule has 1 amide bonds. The van der Waals surface area contributed by atoms with E-state index in [2.05, 4.69) is 53.9 Å². The topological polar surface area (TPSA) is 98.8 Å². The number of aromatic nitrogens is 4. The van der Waals surface area contributed by atoms with Crippen LogP contribution in [-0.2, 0) is 4.79 Å². The third-order valence-electron chi connectivity index (χ3n) is 6.89. The van der Waals surface area contributed by atoms with Crippen LogP contribution < -0.4 is 15.5 Å². The van der Waals surface area contributed by atoms with Crippen molar-refractivity contribution in [3.8, 4) is 11.1 Å². The molecule has 9 heteroatoms. The number of H-pyrrole nitrogens is 1. The molecule has 3 N–H and O–H groups in total. The van der Waals surface area contributed by atoms with Gasteiger partial charge in [-0.3, -0.25) is 0 Å². The van der Waals surface area contributed by atoms with Crippen LogP contribution in [0.2, 0.25) is 0 Å². The predicted molar refractivity (Wildman–Crippen MR) is 144 cm³/mol. The van der Waals surface area contributed by atoms with Crippen molar-refractivity contribution in [2.75, 3.05) is 28.6 Å². The second kappa shape index (κ2) is 9.56. The van der Waals surface area contributed by atoms with Crippen LogP contribution >= 0.6 is 0 Å². The first-order chi connectivity index (χ1) is 17.7. The Hall–Kier alpha value is -4.01. The second-order valence-corrected chi connectivity index (χ2v) is 9.54. The molecule has 1 radical (unpaired) electrons. The van der Waals surface area contributed by atoms with Crippen molar-refractivity contribution >= 4 is 46.9 Å². The molecule has 2 fully saturated rings. The molecule has 4 aromatic rings. The summed E-state index contributed by atoms with van der Waals surface area (Å²) < 4.78 is 0. The van der Waals surface area contributed by atoms with E-state index in [1.807, 2.05) is 18.5 Å². The SMILES string of the molecule is [B]=C(Nc1cnccc1NC(=O)C1CC1)c1n[nH]c2ccc(-c3cncc(N4CCCCC4)c3)cc12. The van der Waals surface area contributed by atoms with Crippen LogP contribution in [0.25, 0.3) is 22.0 Å². The van der Waals surface area contributed by atoms with Gasteiger partial charge in [-0.1, -0.05) is 0 Å². The van der Waals surface area contributed by atoms with E-state index in [0.29, 0.717) is 22.7 Å². The summed E-state index contributed by atoms with van der Waals surface area (Å²) in [5, 5.41) is 14.6. The number of nitrogens with zero attached hydrogens (tertiary/aromatic N) is 4. The Labute approximate surface area is 210 Å². The fourth-order valence-corrected chi connectivity index (χ4v) is 4.70. The van der Waals surface area contributed by atoms with Gasteiger partial charge in [0.05, 0.1) is 0 Å². The van der Waals surface area contributed by atoms with Crippen LogP contribution in [0.4, 0.5) is 17.1 Å². The van der Waals surface area contributed by atoms with Gasteiger partial charge in [-0.25, -0.2) is 0 Å². The number of fused-ring (bicyclic) bond motifs is 1. The van der Waals surface area contributed by atoms with Crippen molar-refractivity contribution < 1.29 is 4.79 Å². The number of carbonyl (C=O) groups is 1. The van der Waals surface area contributed by atoms with Gasteiger partial charge in [-0.2, -0.15) is 0 Å². The third kappa shape index (κ3) is 4.61. The van der Waals surface area contributed by atoms with Crippen LogP contribution in [-0.4, -0.2) is 52.2 Å². The maximum atomic E-state index is 12.3. The molecule has 0 bridgehead atoms. The first-order valence-corrected chi connectivity index (χ1v) is 12.5. The van der Waals surface area contributed by atoms with Gasteiger partial charge in [0.1, 0.15) is 0 Å². The molecule has 0 atom stereocenters. The van der Waals surface area contributed by atoms with E-state index in [1.165, 1.54) is 19.3 Å². The van der Waals surface area contributed by atoms with E-state index in [0.717, 1.165) is 53.6 Å². The van der Waals surface area contributed by atoms with Crippen molar-refractivity contribution in [1.29, 1.82) is 0 Å². The Morgan fingerprint density at radius 3 is 2.64 bits per heavy atom. The van der Waals surface area contributed by atoms with Gasteiger partial charge in [0.25, 0.3) is 0 Å². The van der Waals surface area contributed by atoms with Gasteiger partial charge in [0.2, 0.25) is 0 Å². The van der Waals surface area contributed by atoms with Crippen molar-refractivity contribution in [1.82, 2.24) is 20.2 Å². The average molecular weight is 476 g/mol. The monoisotopic (exact) mass is 476 g/mol. The number of nitrogens with one attached hydrogen (secondary N) is 3. The number of hydrogen-bond acceptors (Lipinski definition) is 6. The normalized spacial score (nSPS) is 15.6. The number of aromatic amines is 1. The molecule has 0 unspecified atom stereocenters. The maximum absolute atomic E-state index is 12.3. The van der Waals surface area contributed by atoms with Crippen molar-refractivity contribution in [2.45, 2.75) is 32.1 Å². The van der Waals surface area contributed by atoms with Crippen LogP contribution in [0.1, 0.15) is 37.8 Å². The molecule has 4 heterocycles. The van der Waals surface area contributed by atoms with E-state index in [-0.39, 0.29) is 11.8 Å². The van der Waals surface area contributed by atoms with Gasteiger partial charge in [-0.05, 0) is 0 Å². The number of benzene rings is 1. The third-order valence-corrected chi connectivity index (χ3v) is 6.89. The van der Waals surface area contributed by atoms with Gasteiger partial charge in [0, 0.05) is 0 Å². The Balaban J connectivity index is 1.26. The Bertz CT molecular complexity index is 1440. The molecule has 2 aliphatic rings. The summed E-state index contributed by atoms with van der Waals surface area (Å²) in [4.78, 5) is 23.4. The molecule has 3 aromatic heterocycles. The molecule has 36 heavy (non-hydrogen) atoms. The van der Waals surface area contributed by atoms with E-state index in [1.54, 1.807) is 18.5 Å². The molecule has 179 valence electrons. The van der Waals surface area contributed by atoms with E-state index >= 15 is 0 Å².